The third-order valence-corrected chi connectivity index (χ3v) is 3.44. The van der Waals surface area contributed by atoms with Crippen molar-refractivity contribution in [3.05, 3.63) is 23.5 Å². The van der Waals surface area contributed by atoms with E-state index in [1.807, 2.05) is 13.2 Å². The van der Waals surface area contributed by atoms with Gasteiger partial charge in [0.1, 0.15) is 0 Å². The Hall–Kier alpha value is -1.16. The highest BCUT2D eigenvalue weighted by Gasteiger charge is 2.25. The van der Waals surface area contributed by atoms with Crippen LogP contribution in [-0.2, 0) is 13.5 Å². The molecule has 3 unspecified atom stereocenters. The Balaban J connectivity index is 1.96. The lowest BCUT2D eigenvalue weighted by molar-refractivity contribution is 0.0923. The van der Waals surface area contributed by atoms with Crippen molar-refractivity contribution in [2.75, 3.05) is 0 Å². The van der Waals surface area contributed by atoms with Gasteiger partial charge in [-0.3, -0.25) is 4.68 Å². The van der Waals surface area contributed by atoms with E-state index in [0.717, 1.165) is 18.5 Å². The molecule has 4 heteroatoms. The van der Waals surface area contributed by atoms with E-state index in [1.165, 1.54) is 5.57 Å². The fourth-order valence-electron chi connectivity index (χ4n) is 2.76. The summed E-state index contributed by atoms with van der Waals surface area (Å²) in [6.45, 7) is 4.36. The molecule has 4 nitrogen and oxygen atoms in total. The molecule has 0 aromatic carbocycles. The van der Waals surface area contributed by atoms with Crippen LogP contribution in [0.4, 0.5) is 0 Å². The van der Waals surface area contributed by atoms with Crippen LogP contribution in [0, 0.1) is 11.8 Å². The topological polar surface area (TPSA) is 50.9 Å². The highest BCUT2D eigenvalue weighted by atomic mass is 16.3. The van der Waals surface area contributed by atoms with Crippen molar-refractivity contribution in [1.82, 2.24) is 15.0 Å². The highest BCUT2D eigenvalue weighted by molar-refractivity contribution is 5.08. The van der Waals surface area contributed by atoms with Gasteiger partial charge in [-0.05, 0) is 31.6 Å². The Morgan fingerprint density at radius 1 is 1.59 bits per heavy atom. The van der Waals surface area contributed by atoms with Crippen molar-refractivity contribution >= 4 is 0 Å². The molecule has 1 aliphatic rings. The molecule has 0 aliphatic heterocycles. The van der Waals surface area contributed by atoms with Crippen LogP contribution in [-0.4, -0.2) is 26.2 Å². The molecule has 1 heterocycles. The average Bonchev–Trinajstić information content (AvgIpc) is 2.62. The van der Waals surface area contributed by atoms with Crippen LogP contribution in [0.2, 0.25) is 0 Å². The Kier molecular flexibility index (Phi) is 3.62. The average molecular weight is 235 g/mol. The molecule has 1 N–H and O–H groups in total. The fourth-order valence-corrected chi connectivity index (χ4v) is 2.76. The van der Waals surface area contributed by atoms with Gasteiger partial charge in [-0.2, -0.15) is 0 Å². The third-order valence-electron chi connectivity index (χ3n) is 3.44. The minimum Gasteiger partial charge on any atom is -0.392 e. The van der Waals surface area contributed by atoms with Crippen molar-refractivity contribution in [3.8, 4) is 0 Å². The molecule has 3 atom stereocenters. The van der Waals surface area contributed by atoms with Crippen LogP contribution in [0.15, 0.2) is 17.8 Å². The summed E-state index contributed by atoms with van der Waals surface area (Å²) < 4.78 is 1.68. The molecule has 94 valence electrons. The van der Waals surface area contributed by atoms with E-state index < -0.39 is 0 Å². The Bertz CT molecular complexity index is 411. The van der Waals surface area contributed by atoms with Crippen LogP contribution in [0.5, 0.6) is 0 Å². The first-order chi connectivity index (χ1) is 8.04. The van der Waals surface area contributed by atoms with Gasteiger partial charge in [-0.15, -0.1) is 5.10 Å². The van der Waals surface area contributed by atoms with Gasteiger partial charge in [0.05, 0.1) is 11.8 Å². The standard InChI is InChI=1S/C13H21N3O/c1-9-4-10(2)6-11(5-9)13(17)7-12-8-16(3)15-14-12/h4,8-9,11,13,17H,5-7H2,1-3H3. The molecule has 1 aromatic rings. The first-order valence-electron chi connectivity index (χ1n) is 6.25. The monoisotopic (exact) mass is 235 g/mol. The first-order valence-corrected chi connectivity index (χ1v) is 6.25. The number of hydrogen-bond donors (Lipinski definition) is 1. The zero-order valence-corrected chi connectivity index (χ0v) is 10.8. The Labute approximate surface area is 102 Å². The predicted molar refractivity (Wildman–Crippen MR) is 66.4 cm³/mol. The van der Waals surface area contributed by atoms with Gasteiger partial charge in [-0.25, -0.2) is 0 Å². The van der Waals surface area contributed by atoms with E-state index >= 15 is 0 Å². The number of nitrogens with zero attached hydrogens (tertiary/aromatic N) is 3. The molecular formula is C13H21N3O. The molecule has 0 bridgehead atoms. The molecule has 1 aromatic heterocycles. The number of allylic oxidation sites excluding steroid dienone is 2. The van der Waals surface area contributed by atoms with Gasteiger partial charge in [0.25, 0.3) is 0 Å². The summed E-state index contributed by atoms with van der Waals surface area (Å²) in [5, 5.41) is 18.2. The van der Waals surface area contributed by atoms with Crippen LogP contribution in [0.3, 0.4) is 0 Å². The SMILES string of the molecule is CC1=CC(C)CC(C(O)Cc2cn(C)nn2)C1. The van der Waals surface area contributed by atoms with Crippen molar-refractivity contribution in [1.29, 1.82) is 0 Å². The van der Waals surface area contributed by atoms with E-state index in [9.17, 15) is 5.11 Å². The van der Waals surface area contributed by atoms with Crippen molar-refractivity contribution < 1.29 is 5.11 Å². The van der Waals surface area contributed by atoms with Crippen LogP contribution in [0.1, 0.15) is 32.4 Å². The molecule has 0 radical (unpaired) electrons. The molecule has 0 saturated heterocycles. The minimum atomic E-state index is -0.308. The van der Waals surface area contributed by atoms with Crippen molar-refractivity contribution in [2.45, 2.75) is 39.2 Å². The smallest absolute Gasteiger partial charge is 0.0852 e. The lowest BCUT2D eigenvalue weighted by Gasteiger charge is -2.29. The molecule has 0 fully saturated rings. The van der Waals surface area contributed by atoms with Gasteiger partial charge >= 0.3 is 0 Å². The maximum atomic E-state index is 10.3. The predicted octanol–water partition coefficient (Wildman–Crippen LogP) is 1.71. The molecule has 17 heavy (non-hydrogen) atoms. The summed E-state index contributed by atoms with van der Waals surface area (Å²) in [5.41, 5.74) is 2.27. The van der Waals surface area contributed by atoms with Crippen LogP contribution >= 0.6 is 0 Å². The summed E-state index contributed by atoms with van der Waals surface area (Å²) in [7, 11) is 1.85. The highest BCUT2D eigenvalue weighted by Crippen LogP contribution is 2.31. The second-order valence-electron chi connectivity index (χ2n) is 5.35. The quantitative estimate of drug-likeness (QED) is 0.811. The van der Waals surface area contributed by atoms with Crippen LogP contribution < -0.4 is 0 Å². The van der Waals surface area contributed by atoms with Crippen molar-refractivity contribution in [2.24, 2.45) is 18.9 Å². The molecular weight excluding hydrogens is 214 g/mol. The lowest BCUT2D eigenvalue weighted by atomic mass is 9.79. The number of aryl methyl sites for hydroxylation is 1. The van der Waals surface area contributed by atoms with Crippen molar-refractivity contribution in [3.63, 3.8) is 0 Å². The van der Waals surface area contributed by atoms with E-state index in [1.54, 1.807) is 4.68 Å². The van der Waals surface area contributed by atoms with E-state index in [-0.39, 0.29) is 6.10 Å². The Morgan fingerprint density at radius 3 is 2.94 bits per heavy atom. The summed E-state index contributed by atoms with van der Waals surface area (Å²) in [4.78, 5) is 0. The first kappa shape index (κ1) is 12.3. The summed E-state index contributed by atoms with van der Waals surface area (Å²) in [5.74, 6) is 0.933. The normalized spacial score (nSPS) is 26.7. The molecule has 1 aliphatic carbocycles. The largest absolute Gasteiger partial charge is 0.392 e. The second kappa shape index (κ2) is 5.00. The number of aliphatic hydroxyl groups excluding tert-OH is 1. The maximum Gasteiger partial charge on any atom is 0.0852 e. The van der Waals surface area contributed by atoms with Gasteiger partial charge in [0, 0.05) is 19.7 Å². The molecule has 0 spiro atoms. The van der Waals surface area contributed by atoms with E-state index in [2.05, 4.69) is 30.2 Å². The van der Waals surface area contributed by atoms with Gasteiger partial charge in [-0.1, -0.05) is 23.8 Å². The fraction of sp³-hybridized carbons (Fsp3) is 0.692. The maximum absolute atomic E-state index is 10.3. The van der Waals surface area contributed by atoms with E-state index in [4.69, 9.17) is 0 Å². The summed E-state index contributed by atoms with van der Waals surface area (Å²) >= 11 is 0. The van der Waals surface area contributed by atoms with E-state index in [0.29, 0.717) is 18.3 Å². The molecule has 0 amide bonds. The molecule has 0 saturated carbocycles. The lowest BCUT2D eigenvalue weighted by Crippen LogP contribution is -2.27. The number of hydrogen-bond acceptors (Lipinski definition) is 3. The number of aliphatic hydroxyl groups is 1. The zero-order chi connectivity index (χ0) is 12.4. The number of rotatable bonds is 3. The summed E-state index contributed by atoms with van der Waals surface area (Å²) in [6.07, 6.45) is 6.56. The zero-order valence-electron chi connectivity index (χ0n) is 10.8. The second-order valence-corrected chi connectivity index (χ2v) is 5.35. The van der Waals surface area contributed by atoms with Gasteiger partial charge < -0.3 is 5.11 Å². The van der Waals surface area contributed by atoms with Gasteiger partial charge in [0.15, 0.2) is 0 Å². The van der Waals surface area contributed by atoms with Gasteiger partial charge in [0.2, 0.25) is 0 Å². The third kappa shape index (κ3) is 3.16. The summed E-state index contributed by atoms with van der Waals surface area (Å²) in [6, 6.07) is 0. The molecule has 2 rings (SSSR count). The number of aromatic nitrogens is 3. The van der Waals surface area contributed by atoms with Crippen LogP contribution in [0.25, 0.3) is 0 Å². The Morgan fingerprint density at radius 2 is 2.35 bits per heavy atom. The minimum absolute atomic E-state index is 0.308.